The summed E-state index contributed by atoms with van der Waals surface area (Å²) >= 11 is 6.86. The number of rotatable bonds is 15. The number of aryl methyl sites for hydroxylation is 1. The standard InChI is InChI=1S/C20H34I2S/c1-2-3-4-5-6-7-8-9-10-11-12-13-14-15-16-18-17-19(21)23-20(18)22/h17H,2-16H2,1H3. The van der Waals surface area contributed by atoms with Gasteiger partial charge in [0.25, 0.3) is 0 Å². The van der Waals surface area contributed by atoms with Crippen LogP contribution in [-0.2, 0) is 6.42 Å². The van der Waals surface area contributed by atoms with Crippen molar-refractivity contribution in [2.75, 3.05) is 0 Å². The zero-order valence-corrected chi connectivity index (χ0v) is 20.0. The Hall–Kier alpha value is 1.16. The third-order valence-corrected chi connectivity index (χ3v) is 7.61. The molecule has 1 aromatic heterocycles. The Morgan fingerprint density at radius 3 is 1.52 bits per heavy atom. The Kier molecular flexibility index (Phi) is 14.9. The van der Waals surface area contributed by atoms with Crippen molar-refractivity contribution in [3.63, 3.8) is 0 Å². The van der Waals surface area contributed by atoms with Gasteiger partial charge in [0.1, 0.15) is 0 Å². The number of halogens is 2. The van der Waals surface area contributed by atoms with Crippen LogP contribution in [0.25, 0.3) is 0 Å². The highest BCUT2D eigenvalue weighted by molar-refractivity contribution is 14.1. The molecule has 0 unspecified atom stereocenters. The van der Waals surface area contributed by atoms with Crippen molar-refractivity contribution < 1.29 is 0 Å². The van der Waals surface area contributed by atoms with Gasteiger partial charge in [0.15, 0.2) is 0 Å². The Bertz CT molecular complexity index is 387. The van der Waals surface area contributed by atoms with E-state index in [9.17, 15) is 0 Å². The fourth-order valence-electron chi connectivity index (χ4n) is 3.05. The second-order valence-corrected chi connectivity index (χ2v) is 11.5. The zero-order chi connectivity index (χ0) is 16.8. The lowest BCUT2D eigenvalue weighted by Gasteiger charge is -2.03. The van der Waals surface area contributed by atoms with Crippen molar-refractivity contribution >= 4 is 56.5 Å². The van der Waals surface area contributed by atoms with Crippen LogP contribution in [0.1, 0.15) is 102 Å². The molecule has 134 valence electrons. The molecule has 0 spiro atoms. The fraction of sp³-hybridized carbons (Fsp3) is 0.800. The fourth-order valence-corrected chi connectivity index (χ4v) is 7.16. The molecule has 0 aliphatic rings. The molecule has 0 saturated heterocycles. The molecule has 0 aliphatic heterocycles. The first kappa shape index (κ1) is 22.2. The van der Waals surface area contributed by atoms with E-state index in [2.05, 4.69) is 58.2 Å². The van der Waals surface area contributed by atoms with E-state index in [-0.39, 0.29) is 0 Å². The number of thiophene rings is 1. The lowest BCUT2D eigenvalue weighted by atomic mass is 10.0. The van der Waals surface area contributed by atoms with Crippen LogP contribution in [-0.4, -0.2) is 0 Å². The van der Waals surface area contributed by atoms with Crippen LogP contribution in [0.2, 0.25) is 0 Å². The molecule has 0 bridgehead atoms. The smallest absolute Gasteiger partial charge is 0.0696 e. The first-order valence-corrected chi connectivity index (χ1v) is 12.6. The van der Waals surface area contributed by atoms with Gasteiger partial charge in [-0.1, -0.05) is 90.4 Å². The lowest BCUT2D eigenvalue weighted by Crippen LogP contribution is -1.86. The van der Waals surface area contributed by atoms with E-state index in [1.807, 2.05) is 11.3 Å². The van der Waals surface area contributed by atoms with Gasteiger partial charge in [-0.3, -0.25) is 0 Å². The van der Waals surface area contributed by atoms with E-state index >= 15 is 0 Å². The molecule has 0 fully saturated rings. The molecule has 1 rings (SSSR count). The summed E-state index contributed by atoms with van der Waals surface area (Å²) in [7, 11) is 0. The van der Waals surface area contributed by atoms with Crippen molar-refractivity contribution in [2.45, 2.75) is 103 Å². The summed E-state index contributed by atoms with van der Waals surface area (Å²) < 4.78 is 2.94. The second kappa shape index (κ2) is 15.4. The summed E-state index contributed by atoms with van der Waals surface area (Å²) in [6.07, 6.45) is 21.5. The van der Waals surface area contributed by atoms with E-state index in [1.165, 1.54) is 102 Å². The normalized spacial score (nSPS) is 11.3. The molecule has 0 amide bonds. The second-order valence-electron chi connectivity index (χ2n) is 6.70. The highest BCUT2D eigenvalue weighted by Gasteiger charge is 2.04. The molecule has 0 aromatic carbocycles. The molecular weight excluding hydrogens is 526 g/mol. The molecule has 1 aromatic rings. The molecule has 1 heterocycles. The summed E-state index contributed by atoms with van der Waals surface area (Å²) in [6, 6.07) is 2.37. The first-order valence-electron chi connectivity index (χ1n) is 9.67. The van der Waals surface area contributed by atoms with Gasteiger partial charge in [-0.25, -0.2) is 0 Å². The van der Waals surface area contributed by atoms with Crippen LogP contribution in [0.3, 0.4) is 0 Å². The van der Waals surface area contributed by atoms with E-state index in [4.69, 9.17) is 0 Å². The predicted octanol–water partition coefficient (Wildman–Crippen LogP) is 8.98. The molecule has 23 heavy (non-hydrogen) atoms. The van der Waals surface area contributed by atoms with Gasteiger partial charge < -0.3 is 0 Å². The van der Waals surface area contributed by atoms with Gasteiger partial charge >= 0.3 is 0 Å². The first-order chi connectivity index (χ1) is 11.2. The van der Waals surface area contributed by atoms with Crippen LogP contribution < -0.4 is 0 Å². The molecule has 0 aliphatic carbocycles. The quantitative estimate of drug-likeness (QED) is 0.148. The Morgan fingerprint density at radius 2 is 1.13 bits per heavy atom. The van der Waals surface area contributed by atoms with E-state index in [0.717, 1.165) is 0 Å². The van der Waals surface area contributed by atoms with Crippen LogP contribution in [0, 0.1) is 5.77 Å². The summed E-state index contributed by atoms with van der Waals surface area (Å²) in [5.74, 6) is 0. The van der Waals surface area contributed by atoms with Crippen LogP contribution >= 0.6 is 56.5 Å². The SMILES string of the molecule is CCCCCCCCCCCCCCCCc1cc(I)sc1I. The highest BCUT2D eigenvalue weighted by Crippen LogP contribution is 2.27. The molecular formula is C20H34I2S. The van der Waals surface area contributed by atoms with E-state index < -0.39 is 0 Å². The number of hydrogen-bond donors (Lipinski definition) is 0. The Labute approximate surface area is 175 Å². The van der Waals surface area contributed by atoms with Gasteiger partial charge in [0.2, 0.25) is 0 Å². The average Bonchev–Trinajstić information content (AvgIpc) is 2.85. The molecule has 0 atom stereocenters. The molecule has 0 nitrogen and oxygen atoms in total. The van der Waals surface area contributed by atoms with Gasteiger partial charge in [0.05, 0.1) is 5.77 Å². The molecule has 3 heteroatoms. The topological polar surface area (TPSA) is 0 Å². The third-order valence-electron chi connectivity index (χ3n) is 4.53. The van der Waals surface area contributed by atoms with Crippen molar-refractivity contribution in [1.29, 1.82) is 0 Å². The van der Waals surface area contributed by atoms with Gasteiger partial charge in [-0.2, -0.15) is 0 Å². The van der Waals surface area contributed by atoms with Crippen LogP contribution in [0.15, 0.2) is 6.07 Å². The van der Waals surface area contributed by atoms with Crippen molar-refractivity contribution in [3.8, 4) is 0 Å². The zero-order valence-electron chi connectivity index (χ0n) is 14.8. The van der Waals surface area contributed by atoms with Crippen molar-refractivity contribution in [3.05, 3.63) is 17.4 Å². The Morgan fingerprint density at radius 1 is 0.696 bits per heavy atom. The van der Waals surface area contributed by atoms with Crippen LogP contribution in [0.4, 0.5) is 0 Å². The van der Waals surface area contributed by atoms with E-state index in [1.54, 1.807) is 5.56 Å². The van der Waals surface area contributed by atoms with E-state index in [0.29, 0.717) is 0 Å². The monoisotopic (exact) mass is 560 g/mol. The Balaban J connectivity index is 1.79. The van der Waals surface area contributed by atoms with Gasteiger partial charge in [-0.15, -0.1) is 11.3 Å². The van der Waals surface area contributed by atoms with Crippen molar-refractivity contribution in [2.24, 2.45) is 0 Å². The third kappa shape index (κ3) is 12.2. The maximum absolute atomic E-state index is 2.49. The predicted molar refractivity (Wildman–Crippen MR) is 124 cm³/mol. The van der Waals surface area contributed by atoms with Crippen molar-refractivity contribution in [1.82, 2.24) is 0 Å². The molecule has 0 radical (unpaired) electrons. The van der Waals surface area contributed by atoms with Crippen LogP contribution in [0.5, 0.6) is 0 Å². The lowest BCUT2D eigenvalue weighted by molar-refractivity contribution is 0.535. The summed E-state index contributed by atoms with van der Waals surface area (Å²) in [4.78, 5) is 0. The minimum Gasteiger partial charge on any atom is -0.123 e. The number of hydrogen-bond acceptors (Lipinski definition) is 1. The minimum atomic E-state index is 1.29. The van der Waals surface area contributed by atoms with Gasteiger partial charge in [0, 0.05) is 0 Å². The largest absolute Gasteiger partial charge is 0.123 e. The molecule has 0 saturated carbocycles. The summed E-state index contributed by atoms with van der Waals surface area (Å²) in [5, 5.41) is 0. The average molecular weight is 560 g/mol. The minimum absolute atomic E-state index is 1.29. The summed E-state index contributed by atoms with van der Waals surface area (Å²) in [5.41, 5.74) is 1.58. The highest BCUT2D eigenvalue weighted by atomic mass is 127. The number of unbranched alkanes of at least 4 members (excludes halogenated alkanes) is 13. The summed E-state index contributed by atoms with van der Waals surface area (Å²) in [6.45, 7) is 2.30. The van der Waals surface area contributed by atoms with Gasteiger partial charge in [-0.05, 0) is 69.7 Å². The maximum atomic E-state index is 2.49. The molecule has 0 N–H and O–H groups in total. The maximum Gasteiger partial charge on any atom is 0.0696 e.